The van der Waals surface area contributed by atoms with E-state index in [2.05, 4.69) is 15.1 Å². The summed E-state index contributed by atoms with van der Waals surface area (Å²) in [6.07, 6.45) is 6.80. The fourth-order valence-corrected chi connectivity index (χ4v) is 4.38. The number of aliphatic hydroxyl groups excluding tert-OH is 1. The van der Waals surface area contributed by atoms with Crippen molar-refractivity contribution < 1.29 is 19.1 Å². The Hall–Kier alpha value is -3.92. The minimum atomic E-state index is -0.504. The molecule has 0 aliphatic carbocycles. The number of benzene rings is 1. The topological polar surface area (TPSA) is 133 Å². The van der Waals surface area contributed by atoms with Crippen molar-refractivity contribution in [2.75, 3.05) is 18.8 Å². The fraction of sp³-hybridized carbons (Fsp3) is 0.385. The molecule has 3 N–H and O–H groups in total. The number of likely N-dealkylation sites (tertiary alicyclic amines) is 1. The van der Waals surface area contributed by atoms with E-state index in [1.54, 1.807) is 23.4 Å². The quantitative estimate of drug-likeness (QED) is 0.430. The second-order valence-corrected chi connectivity index (χ2v) is 10.0. The minimum Gasteiger partial charge on any atom is -0.444 e. The van der Waals surface area contributed by atoms with Crippen molar-refractivity contribution in [2.24, 2.45) is 0 Å². The summed E-state index contributed by atoms with van der Waals surface area (Å²) < 4.78 is 13.4. The van der Waals surface area contributed by atoms with Crippen molar-refractivity contribution in [3.63, 3.8) is 0 Å². The first-order valence-electron chi connectivity index (χ1n) is 12.0. The second kappa shape index (κ2) is 9.27. The number of amides is 1. The zero-order chi connectivity index (χ0) is 25.4. The lowest BCUT2D eigenvalue weighted by Crippen LogP contribution is -2.42. The number of nitrogen functional groups attached to an aromatic ring is 1. The van der Waals surface area contributed by atoms with Gasteiger partial charge < -0.3 is 24.9 Å². The highest BCUT2D eigenvalue weighted by Crippen LogP contribution is 2.33. The Morgan fingerprint density at radius 1 is 1.22 bits per heavy atom. The average Bonchev–Trinajstić information content (AvgIpc) is 3.51. The number of fused-ring (bicyclic) bond motifs is 1. The number of oxazole rings is 1. The largest absolute Gasteiger partial charge is 0.444 e. The van der Waals surface area contributed by atoms with Gasteiger partial charge >= 0.3 is 6.09 Å². The summed E-state index contributed by atoms with van der Waals surface area (Å²) in [5, 5.41) is 14.2. The number of carbonyl (C=O) groups excluding carboxylic acids is 1. The molecule has 10 nitrogen and oxygen atoms in total. The lowest BCUT2D eigenvalue weighted by molar-refractivity contribution is 0.0185. The summed E-state index contributed by atoms with van der Waals surface area (Å²) in [6.45, 7) is 6.71. The van der Waals surface area contributed by atoms with Crippen LogP contribution in [0.25, 0.3) is 33.7 Å². The maximum atomic E-state index is 12.4. The van der Waals surface area contributed by atoms with Crippen LogP contribution < -0.4 is 5.73 Å². The van der Waals surface area contributed by atoms with Crippen LogP contribution in [0.3, 0.4) is 0 Å². The van der Waals surface area contributed by atoms with Crippen molar-refractivity contribution >= 4 is 23.0 Å². The second-order valence-electron chi connectivity index (χ2n) is 10.0. The number of para-hydroxylation sites is 1. The molecule has 1 aliphatic rings. The van der Waals surface area contributed by atoms with Gasteiger partial charge in [-0.05, 0) is 45.7 Å². The third-order valence-electron chi connectivity index (χ3n) is 6.24. The summed E-state index contributed by atoms with van der Waals surface area (Å²) in [5.41, 5.74) is 9.80. The summed E-state index contributed by atoms with van der Waals surface area (Å²) in [6, 6.07) is 7.52. The molecular formula is C26H30N6O4. The third-order valence-corrected chi connectivity index (χ3v) is 6.24. The number of hydrogen-bond donors (Lipinski definition) is 2. The lowest BCUT2D eigenvalue weighted by Gasteiger charge is -2.33. The van der Waals surface area contributed by atoms with Gasteiger partial charge in [-0.2, -0.15) is 5.10 Å². The highest BCUT2D eigenvalue weighted by Gasteiger charge is 2.28. The molecule has 1 aliphatic heterocycles. The van der Waals surface area contributed by atoms with E-state index in [-0.39, 0.29) is 18.7 Å². The van der Waals surface area contributed by atoms with Gasteiger partial charge in [-0.1, -0.05) is 12.1 Å². The van der Waals surface area contributed by atoms with Crippen LogP contribution in [0, 0.1) is 0 Å². The number of aromatic nitrogens is 4. The van der Waals surface area contributed by atoms with Gasteiger partial charge in [0.1, 0.15) is 16.9 Å². The first-order chi connectivity index (χ1) is 17.2. The summed E-state index contributed by atoms with van der Waals surface area (Å²) >= 11 is 0. The number of anilines is 1. The van der Waals surface area contributed by atoms with E-state index in [4.69, 9.17) is 14.9 Å². The van der Waals surface area contributed by atoms with Gasteiger partial charge in [0, 0.05) is 42.2 Å². The summed E-state index contributed by atoms with van der Waals surface area (Å²) in [4.78, 5) is 23.0. The van der Waals surface area contributed by atoms with E-state index in [1.165, 1.54) is 0 Å². The lowest BCUT2D eigenvalue weighted by atomic mass is 10.1. The predicted octanol–water partition coefficient (Wildman–Crippen LogP) is 4.40. The fourth-order valence-electron chi connectivity index (χ4n) is 4.38. The Morgan fingerprint density at radius 3 is 2.72 bits per heavy atom. The molecule has 1 saturated heterocycles. The van der Waals surface area contributed by atoms with Crippen molar-refractivity contribution in [1.82, 2.24) is 24.6 Å². The van der Waals surface area contributed by atoms with Gasteiger partial charge in [0.15, 0.2) is 5.58 Å². The van der Waals surface area contributed by atoms with Gasteiger partial charge in [-0.3, -0.25) is 4.68 Å². The number of piperidine rings is 1. The number of hydrogen-bond acceptors (Lipinski definition) is 8. The Labute approximate surface area is 208 Å². The molecule has 36 heavy (non-hydrogen) atoms. The van der Waals surface area contributed by atoms with E-state index in [0.29, 0.717) is 47.0 Å². The maximum Gasteiger partial charge on any atom is 0.410 e. The molecule has 10 heteroatoms. The molecule has 0 unspecified atom stereocenters. The number of rotatable bonds is 4. The SMILES string of the molecule is CC(C)(C)OC(=O)N1CCC(n2cc(-c3cnc(N)c(-c4nc5cccc(CO)c5o4)c3)cn2)CC1. The van der Waals surface area contributed by atoms with Crippen LogP contribution in [0.4, 0.5) is 10.6 Å². The highest BCUT2D eigenvalue weighted by atomic mass is 16.6. The molecule has 0 atom stereocenters. The molecular weight excluding hydrogens is 460 g/mol. The molecule has 4 heterocycles. The molecule has 1 aromatic carbocycles. The molecule has 0 saturated carbocycles. The zero-order valence-electron chi connectivity index (χ0n) is 20.6. The first-order valence-corrected chi connectivity index (χ1v) is 12.0. The molecule has 1 fully saturated rings. The normalized spacial score (nSPS) is 14.9. The van der Waals surface area contributed by atoms with Gasteiger partial charge in [0.05, 0.1) is 24.4 Å². The number of aliphatic hydroxyl groups is 1. The van der Waals surface area contributed by atoms with Crippen LogP contribution in [0.5, 0.6) is 0 Å². The Bertz CT molecular complexity index is 1400. The van der Waals surface area contributed by atoms with E-state index in [0.717, 1.165) is 24.0 Å². The molecule has 3 aromatic heterocycles. The average molecular weight is 491 g/mol. The van der Waals surface area contributed by atoms with Crippen LogP contribution in [0.2, 0.25) is 0 Å². The highest BCUT2D eigenvalue weighted by molar-refractivity contribution is 5.82. The number of carbonyl (C=O) groups is 1. The van der Waals surface area contributed by atoms with Crippen LogP contribution >= 0.6 is 0 Å². The van der Waals surface area contributed by atoms with Crippen molar-refractivity contribution in [3.8, 4) is 22.6 Å². The van der Waals surface area contributed by atoms with E-state index >= 15 is 0 Å². The van der Waals surface area contributed by atoms with Crippen molar-refractivity contribution in [3.05, 3.63) is 48.4 Å². The Balaban J connectivity index is 1.33. The van der Waals surface area contributed by atoms with Gasteiger partial charge in [-0.25, -0.2) is 14.8 Å². The van der Waals surface area contributed by atoms with Crippen LogP contribution in [-0.2, 0) is 11.3 Å². The Kier molecular flexibility index (Phi) is 6.13. The molecule has 0 radical (unpaired) electrons. The van der Waals surface area contributed by atoms with E-state index in [1.807, 2.05) is 49.8 Å². The maximum absolute atomic E-state index is 12.4. The third kappa shape index (κ3) is 4.76. The molecule has 1 amide bonds. The number of nitrogens with two attached hydrogens (primary N) is 1. The summed E-state index contributed by atoms with van der Waals surface area (Å²) in [5.74, 6) is 0.650. The molecule has 188 valence electrons. The monoisotopic (exact) mass is 490 g/mol. The standard InChI is InChI=1S/C26H30N6O4/c1-26(2,3)36-25(34)31-9-7-19(8-10-31)32-14-18(13-29-32)17-11-20(23(27)28-12-17)24-30-21-6-4-5-16(15-33)22(21)35-24/h4-6,11-14,19,33H,7-10,15H2,1-3H3,(H2,27,28). The minimum absolute atomic E-state index is 0.143. The zero-order valence-corrected chi connectivity index (χ0v) is 20.6. The first kappa shape index (κ1) is 23.8. The van der Waals surface area contributed by atoms with Crippen LogP contribution in [-0.4, -0.2) is 54.5 Å². The van der Waals surface area contributed by atoms with Crippen molar-refractivity contribution in [1.29, 1.82) is 0 Å². The summed E-state index contributed by atoms with van der Waals surface area (Å²) in [7, 11) is 0. The number of nitrogens with zero attached hydrogens (tertiary/aromatic N) is 5. The smallest absolute Gasteiger partial charge is 0.410 e. The molecule has 4 aromatic rings. The number of pyridine rings is 1. The van der Waals surface area contributed by atoms with E-state index < -0.39 is 5.60 Å². The van der Waals surface area contributed by atoms with E-state index in [9.17, 15) is 9.90 Å². The van der Waals surface area contributed by atoms with Crippen LogP contribution in [0.15, 0.2) is 47.3 Å². The Morgan fingerprint density at radius 2 is 2.00 bits per heavy atom. The van der Waals surface area contributed by atoms with Gasteiger partial charge in [0.2, 0.25) is 5.89 Å². The van der Waals surface area contributed by atoms with Gasteiger partial charge in [0.25, 0.3) is 0 Å². The predicted molar refractivity (Wildman–Crippen MR) is 135 cm³/mol. The van der Waals surface area contributed by atoms with Gasteiger partial charge in [-0.15, -0.1) is 0 Å². The number of ether oxygens (including phenoxy) is 1. The van der Waals surface area contributed by atoms with Crippen molar-refractivity contribution in [2.45, 2.75) is 51.9 Å². The molecule has 0 spiro atoms. The molecule has 5 rings (SSSR count). The molecule has 0 bridgehead atoms. The van der Waals surface area contributed by atoms with Crippen LogP contribution in [0.1, 0.15) is 45.2 Å².